The Morgan fingerprint density at radius 2 is 2.24 bits per heavy atom. The number of nitrogens with zero attached hydrogens (tertiary/aromatic N) is 3. The van der Waals surface area contributed by atoms with Gasteiger partial charge in [0.05, 0.1) is 5.69 Å². The van der Waals surface area contributed by atoms with Crippen molar-refractivity contribution in [3.63, 3.8) is 0 Å². The number of likely N-dealkylation sites (tertiary alicyclic amines) is 1. The van der Waals surface area contributed by atoms with Gasteiger partial charge in [-0.25, -0.2) is 4.98 Å². The molecule has 0 spiro atoms. The van der Waals surface area contributed by atoms with E-state index in [-0.39, 0.29) is 0 Å². The van der Waals surface area contributed by atoms with Crippen LogP contribution in [0.3, 0.4) is 0 Å². The van der Waals surface area contributed by atoms with Crippen LogP contribution in [0.15, 0.2) is 17.8 Å². The third-order valence-electron chi connectivity index (χ3n) is 3.45. The first-order valence-corrected chi connectivity index (χ1v) is 8.04. The Morgan fingerprint density at radius 1 is 1.41 bits per heavy atom. The number of thiazole rings is 1. The molecule has 1 saturated heterocycles. The molecule has 1 aliphatic heterocycles. The summed E-state index contributed by atoms with van der Waals surface area (Å²) in [5.41, 5.74) is 1.20. The maximum atomic E-state index is 4.64. The topological polar surface area (TPSA) is 20.5 Å². The van der Waals surface area contributed by atoms with Crippen LogP contribution in [0.5, 0.6) is 0 Å². The molecule has 0 saturated carbocycles. The molecule has 2 aromatic rings. The van der Waals surface area contributed by atoms with Crippen molar-refractivity contribution in [1.82, 2.24) is 14.3 Å². The molecule has 1 fully saturated rings. The quantitative estimate of drug-likeness (QED) is 0.812. The molecule has 0 amide bonds. The largest absolute Gasteiger partial charge is 0.297 e. The molecule has 0 aliphatic carbocycles. The summed E-state index contributed by atoms with van der Waals surface area (Å²) in [6.07, 6.45) is 6.86. The van der Waals surface area contributed by atoms with Crippen LogP contribution in [-0.4, -0.2) is 32.7 Å². The van der Waals surface area contributed by atoms with E-state index in [0.29, 0.717) is 0 Å². The molecule has 3 rings (SSSR count). The smallest absolute Gasteiger partial charge is 0.193 e. The van der Waals surface area contributed by atoms with E-state index in [2.05, 4.69) is 48.0 Å². The SMILES string of the molecule is BrCC1CCN(Cc2cn3ccsc3n2)CC1. The molecule has 2 aromatic heterocycles. The lowest BCUT2D eigenvalue weighted by Crippen LogP contribution is -2.33. The lowest BCUT2D eigenvalue weighted by Gasteiger charge is -2.30. The van der Waals surface area contributed by atoms with E-state index in [0.717, 1.165) is 22.8 Å². The van der Waals surface area contributed by atoms with Gasteiger partial charge in [-0.05, 0) is 31.8 Å². The summed E-state index contributed by atoms with van der Waals surface area (Å²) in [5, 5.41) is 3.23. The van der Waals surface area contributed by atoms with Gasteiger partial charge in [-0.3, -0.25) is 9.30 Å². The Kier molecular flexibility index (Phi) is 3.49. The summed E-state index contributed by atoms with van der Waals surface area (Å²) in [7, 11) is 0. The van der Waals surface area contributed by atoms with E-state index >= 15 is 0 Å². The van der Waals surface area contributed by atoms with Crippen LogP contribution in [0.1, 0.15) is 18.5 Å². The van der Waals surface area contributed by atoms with Crippen LogP contribution in [0, 0.1) is 5.92 Å². The first-order valence-electron chi connectivity index (χ1n) is 6.04. The van der Waals surface area contributed by atoms with Gasteiger partial charge in [0.2, 0.25) is 0 Å². The van der Waals surface area contributed by atoms with Crippen molar-refractivity contribution < 1.29 is 0 Å². The Balaban J connectivity index is 1.62. The molecule has 0 unspecified atom stereocenters. The molecule has 5 heteroatoms. The number of hydrogen-bond donors (Lipinski definition) is 0. The summed E-state index contributed by atoms with van der Waals surface area (Å²) in [4.78, 5) is 8.26. The van der Waals surface area contributed by atoms with E-state index in [9.17, 15) is 0 Å². The summed E-state index contributed by atoms with van der Waals surface area (Å²) in [5.74, 6) is 0.872. The normalized spacial score (nSPS) is 19.1. The lowest BCUT2D eigenvalue weighted by atomic mass is 9.99. The number of hydrogen-bond acceptors (Lipinski definition) is 3. The van der Waals surface area contributed by atoms with Crippen molar-refractivity contribution in [2.75, 3.05) is 18.4 Å². The van der Waals surface area contributed by atoms with Crippen molar-refractivity contribution in [2.45, 2.75) is 19.4 Å². The maximum absolute atomic E-state index is 4.64. The van der Waals surface area contributed by atoms with Crippen LogP contribution in [0.2, 0.25) is 0 Å². The summed E-state index contributed by atoms with van der Waals surface area (Å²) in [6, 6.07) is 0. The molecule has 92 valence electrons. The fourth-order valence-electron chi connectivity index (χ4n) is 2.38. The minimum atomic E-state index is 0.872. The summed E-state index contributed by atoms with van der Waals surface area (Å²) < 4.78 is 2.12. The second-order valence-corrected chi connectivity index (χ2v) is 6.22. The second-order valence-electron chi connectivity index (χ2n) is 4.70. The number of halogens is 1. The van der Waals surface area contributed by atoms with Crippen molar-refractivity contribution in [1.29, 1.82) is 0 Å². The van der Waals surface area contributed by atoms with Crippen LogP contribution < -0.4 is 0 Å². The number of fused-ring (bicyclic) bond motifs is 1. The van der Waals surface area contributed by atoms with E-state index in [1.54, 1.807) is 11.3 Å². The predicted octanol–water partition coefficient (Wildman–Crippen LogP) is 3.00. The molecule has 1 aliphatic rings. The zero-order chi connectivity index (χ0) is 11.7. The highest BCUT2D eigenvalue weighted by molar-refractivity contribution is 9.09. The Morgan fingerprint density at radius 3 is 2.94 bits per heavy atom. The van der Waals surface area contributed by atoms with Gasteiger partial charge in [-0.1, -0.05) is 15.9 Å². The van der Waals surface area contributed by atoms with Gasteiger partial charge in [0.15, 0.2) is 4.96 Å². The number of rotatable bonds is 3. The van der Waals surface area contributed by atoms with E-state index in [4.69, 9.17) is 0 Å². The van der Waals surface area contributed by atoms with E-state index in [1.165, 1.54) is 31.6 Å². The maximum Gasteiger partial charge on any atom is 0.193 e. The van der Waals surface area contributed by atoms with E-state index in [1.807, 2.05) is 0 Å². The standard InChI is InChI=1S/C12H16BrN3S/c13-7-10-1-3-15(4-2-10)8-11-9-16-5-6-17-12(16)14-11/h5-6,9-10H,1-4,7-8H2. The molecule has 0 bridgehead atoms. The number of piperidine rings is 1. The molecule has 0 radical (unpaired) electrons. The van der Waals surface area contributed by atoms with Crippen molar-refractivity contribution in [3.8, 4) is 0 Å². The molecule has 3 heterocycles. The second kappa shape index (κ2) is 5.08. The highest BCUT2D eigenvalue weighted by Crippen LogP contribution is 2.21. The summed E-state index contributed by atoms with van der Waals surface area (Å²) in [6.45, 7) is 3.42. The monoisotopic (exact) mass is 313 g/mol. The van der Waals surface area contributed by atoms with Crippen molar-refractivity contribution in [2.24, 2.45) is 5.92 Å². The molecule has 0 aromatic carbocycles. The minimum Gasteiger partial charge on any atom is -0.297 e. The predicted molar refractivity (Wildman–Crippen MR) is 74.9 cm³/mol. The van der Waals surface area contributed by atoms with Gasteiger partial charge in [-0.2, -0.15) is 0 Å². The van der Waals surface area contributed by atoms with Crippen LogP contribution in [0.25, 0.3) is 4.96 Å². The summed E-state index contributed by atoms with van der Waals surface area (Å²) >= 11 is 5.28. The van der Waals surface area contributed by atoms with Gasteiger partial charge in [0, 0.05) is 29.6 Å². The molecule has 0 atom stereocenters. The number of imidazole rings is 1. The number of aromatic nitrogens is 2. The molecule has 3 nitrogen and oxygen atoms in total. The van der Waals surface area contributed by atoms with Gasteiger partial charge < -0.3 is 0 Å². The van der Waals surface area contributed by atoms with Crippen molar-refractivity contribution in [3.05, 3.63) is 23.5 Å². The molecule has 0 N–H and O–H groups in total. The van der Waals surface area contributed by atoms with Gasteiger partial charge >= 0.3 is 0 Å². The zero-order valence-electron chi connectivity index (χ0n) is 9.68. The van der Waals surface area contributed by atoms with E-state index < -0.39 is 0 Å². The Bertz CT molecular complexity index is 456. The molecular formula is C12H16BrN3S. The average Bonchev–Trinajstić information content (AvgIpc) is 2.90. The van der Waals surface area contributed by atoms with Gasteiger partial charge in [0.1, 0.15) is 0 Å². The fourth-order valence-corrected chi connectivity index (χ4v) is 3.75. The van der Waals surface area contributed by atoms with Crippen LogP contribution >= 0.6 is 27.3 Å². The highest BCUT2D eigenvalue weighted by Gasteiger charge is 2.18. The van der Waals surface area contributed by atoms with Gasteiger partial charge in [-0.15, -0.1) is 11.3 Å². The Labute approximate surface area is 114 Å². The van der Waals surface area contributed by atoms with Gasteiger partial charge in [0.25, 0.3) is 0 Å². The minimum absolute atomic E-state index is 0.872. The molecular weight excluding hydrogens is 298 g/mol. The molecule has 17 heavy (non-hydrogen) atoms. The average molecular weight is 314 g/mol. The first kappa shape index (κ1) is 11.7. The lowest BCUT2D eigenvalue weighted by molar-refractivity contribution is 0.186. The van der Waals surface area contributed by atoms with Crippen LogP contribution in [-0.2, 0) is 6.54 Å². The zero-order valence-corrected chi connectivity index (χ0v) is 12.1. The third-order valence-corrected chi connectivity index (χ3v) is 5.14. The highest BCUT2D eigenvalue weighted by atomic mass is 79.9. The fraction of sp³-hybridized carbons (Fsp3) is 0.583. The third kappa shape index (κ3) is 2.56. The van der Waals surface area contributed by atoms with Crippen molar-refractivity contribution >= 4 is 32.2 Å². The van der Waals surface area contributed by atoms with Crippen LogP contribution in [0.4, 0.5) is 0 Å². The first-order chi connectivity index (χ1) is 8.35. The number of alkyl halides is 1. The Hall–Kier alpha value is -0.390.